The lowest BCUT2D eigenvalue weighted by Gasteiger charge is -2.33. The lowest BCUT2D eigenvalue weighted by molar-refractivity contribution is 0.130. The average Bonchev–Trinajstić information content (AvgIpc) is 3.12. The second kappa shape index (κ2) is 4.62. The number of fused-ring (bicyclic) bond motifs is 1. The molecule has 2 nitrogen and oxygen atoms in total. The van der Waals surface area contributed by atoms with Crippen molar-refractivity contribution in [3.63, 3.8) is 0 Å². The smallest absolute Gasteiger partial charge is 0.125 e. The van der Waals surface area contributed by atoms with Gasteiger partial charge in [-0.15, -0.1) is 0 Å². The fourth-order valence-corrected chi connectivity index (χ4v) is 3.01. The molecular formula is C14H18BrNO. The molecule has 2 atom stereocenters. The SMILES string of the molecule is CCNC1CC(C2CC2)Oc2cc(Br)ccc21. The van der Waals surface area contributed by atoms with E-state index in [-0.39, 0.29) is 0 Å². The van der Waals surface area contributed by atoms with Crippen molar-refractivity contribution < 1.29 is 4.74 Å². The third-order valence-corrected chi connectivity index (χ3v) is 4.19. The first-order chi connectivity index (χ1) is 8.28. The molecule has 1 fully saturated rings. The summed E-state index contributed by atoms with van der Waals surface area (Å²) in [7, 11) is 0. The molecule has 1 saturated carbocycles. The Bertz CT molecular complexity index is 417. The van der Waals surface area contributed by atoms with Crippen LogP contribution in [0.4, 0.5) is 0 Å². The molecule has 2 unspecified atom stereocenters. The number of halogens is 1. The number of rotatable bonds is 3. The molecule has 1 aromatic carbocycles. The van der Waals surface area contributed by atoms with Crippen LogP contribution in [0.3, 0.4) is 0 Å². The molecule has 3 rings (SSSR count). The van der Waals surface area contributed by atoms with Crippen LogP contribution in [0.1, 0.15) is 37.8 Å². The molecule has 1 N–H and O–H groups in total. The predicted octanol–water partition coefficient (Wildman–Crippen LogP) is 3.66. The Hall–Kier alpha value is -0.540. The first-order valence-corrected chi connectivity index (χ1v) is 7.26. The Morgan fingerprint density at radius 1 is 1.41 bits per heavy atom. The van der Waals surface area contributed by atoms with Gasteiger partial charge in [-0.2, -0.15) is 0 Å². The maximum atomic E-state index is 6.14. The van der Waals surface area contributed by atoms with Crippen LogP contribution in [0.15, 0.2) is 22.7 Å². The van der Waals surface area contributed by atoms with Crippen LogP contribution in [-0.2, 0) is 0 Å². The lowest BCUT2D eigenvalue weighted by Crippen LogP contribution is -2.34. The molecule has 1 aliphatic carbocycles. The molecule has 1 aliphatic heterocycles. The summed E-state index contributed by atoms with van der Waals surface area (Å²) in [5.41, 5.74) is 1.31. The summed E-state index contributed by atoms with van der Waals surface area (Å²) < 4.78 is 7.24. The van der Waals surface area contributed by atoms with Crippen molar-refractivity contribution in [2.24, 2.45) is 5.92 Å². The molecule has 3 heteroatoms. The highest BCUT2D eigenvalue weighted by molar-refractivity contribution is 9.10. The van der Waals surface area contributed by atoms with Gasteiger partial charge in [-0.05, 0) is 37.4 Å². The van der Waals surface area contributed by atoms with Crippen molar-refractivity contribution >= 4 is 15.9 Å². The molecule has 2 aliphatic rings. The molecule has 92 valence electrons. The Morgan fingerprint density at radius 2 is 2.24 bits per heavy atom. The van der Waals surface area contributed by atoms with Crippen molar-refractivity contribution in [1.82, 2.24) is 5.32 Å². The van der Waals surface area contributed by atoms with Gasteiger partial charge in [-0.3, -0.25) is 0 Å². The summed E-state index contributed by atoms with van der Waals surface area (Å²) in [6.07, 6.45) is 4.22. The Balaban J connectivity index is 1.90. The van der Waals surface area contributed by atoms with E-state index in [1.54, 1.807) is 0 Å². The molecule has 0 saturated heterocycles. The van der Waals surface area contributed by atoms with Gasteiger partial charge < -0.3 is 10.1 Å². The topological polar surface area (TPSA) is 21.3 Å². The minimum Gasteiger partial charge on any atom is -0.490 e. The summed E-state index contributed by atoms with van der Waals surface area (Å²) in [4.78, 5) is 0. The van der Waals surface area contributed by atoms with Gasteiger partial charge in [0.25, 0.3) is 0 Å². The highest BCUT2D eigenvalue weighted by Gasteiger charge is 2.38. The lowest BCUT2D eigenvalue weighted by atomic mass is 9.94. The highest BCUT2D eigenvalue weighted by Crippen LogP contribution is 2.44. The summed E-state index contributed by atoms with van der Waals surface area (Å²) in [6.45, 7) is 3.18. The van der Waals surface area contributed by atoms with Crippen LogP contribution in [0.25, 0.3) is 0 Å². The molecule has 1 aromatic rings. The maximum absolute atomic E-state index is 6.14. The summed E-state index contributed by atoms with van der Waals surface area (Å²) in [5.74, 6) is 1.86. The molecule has 0 aromatic heterocycles. The third kappa shape index (κ3) is 2.36. The van der Waals surface area contributed by atoms with Crippen molar-refractivity contribution in [2.45, 2.75) is 38.3 Å². The normalized spacial score (nSPS) is 27.4. The number of hydrogen-bond donors (Lipinski definition) is 1. The second-order valence-corrected chi connectivity index (χ2v) is 5.94. The van der Waals surface area contributed by atoms with E-state index in [4.69, 9.17) is 4.74 Å². The molecule has 17 heavy (non-hydrogen) atoms. The van der Waals surface area contributed by atoms with E-state index in [9.17, 15) is 0 Å². The van der Waals surface area contributed by atoms with Crippen molar-refractivity contribution in [3.8, 4) is 5.75 Å². The van der Waals surface area contributed by atoms with Gasteiger partial charge in [0.1, 0.15) is 11.9 Å². The molecule has 1 heterocycles. The third-order valence-electron chi connectivity index (χ3n) is 3.70. The van der Waals surface area contributed by atoms with E-state index in [2.05, 4.69) is 46.4 Å². The highest BCUT2D eigenvalue weighted by atomic mass is 79.9. The van der Waals surface area contributed by atoms with E-state index < -0.39 is 0 Å². The number of ether oxygens (including phenoxy) is 1. The first kappa shape index (κ1) is 11.5. The van der Waals surface area contributed by atoms with Gasteiger partial charge in [0, 0.05) is 22.5 Å². The number of hydrogen-bond acceptors (Lipinski definition) is 2. The van der Waals surface area contributed by atoms with Crippen LogP contribution < -0.4 is 10.1 Å². The van der Waals surface area contributed by atoms with E-state index in [0.29, 0.717) is 12.1 Å². The van der Waals surface area contributed by atoms with Crippen molar-refractivity contribution in [1.29, 1.82) is 0 Å². The van der Waals surface area contributed by atoms with Gasteiger partial charge in [-0.25, -0.2) is 0 Å². The fourth-order valence-electron chi connectivity index (χ4n) is 2.66. The van der Waals surface area contributed by atoms with Gasteiger partial charge in [0.05, 0.1) is 0 Å². The minimum absolute atomic E-state index is 0.417. The predicted molar refractivity (Wildman–Crippen MR) is 72.3 cm³/mol. The summed E-state index contributed by atoms with van der Waals surface area (Å²) in [6, 6.07) is 6.84. The number of nitrogens with one attached hydrogen (secondary N) is 1. The first-order valence-electron chi connectivity index (χ1n) is 6.47. The molecular weight excluding hydrogens is 278 g/mol. The largest absolute Gasteiger partial charge is 0.490 e. The van der Waals surface area contributed by atoms with Crippen LogP contribution in [0.2, 0.25) is 0 Å². The standard InChI is InChI=1S/C14H18BrNO/c1-2-16-12-8-13(9-3-4-9)17-14-7-10(15)5-6-11(12)14/h5-7,9,12-13,16H,2-4,8H2,1H3. The maximum Gasteiger partial charge on any atom is 0.125 e. The van der Waals surface area contributed by atoms with Crippen LogP contribution in [0.5, 0.6) is 5.75 Å². The van der Waals surface area contributed by atoms with Crippen molar-refractivity contribution in [3.05, 3.63) is 28.2 Å². The van der Waals surface area contributed by atoms with Crippen LogP contribution in [0, 0.1) is 5.92 Å². The quantitative estimate of drug-likeness (QED) is 0.919. The summed E-state index contributed by atoms with van der Waals surface area (Å²) in [5, 5.41) is 3.58. The van der Waals surface area contributed by atoms with E-state index in [0.717, 1.165) is 29.1 Å². The fraction of sp³-hybridized carbons (Fsp3) is 0.571. The molecule has 0 bridgehead atoms. The van der Waals surface area contributed by atoms with Gasteiger partial charge in [0.2, 0.25) is 0 Å². The van der Waals surface area contributed by atoms with E-state index in [1.165, 1.54) is 18.4 Å². The Kier molecular flexibility index (Phi) is 3.14. The van der Waals surface area contributed by atoms with Gasteiger partial charge in [-0.1, -0.05) is 28.9 Å². The molecule has 0 radical (unpaired) electrons. The van der Waals surface area contributed by atoms with E-state index in [1.807, 2.05) is 0 Å². The van der Waals surface area contributed by atoms with Gasteiger partial charge >= 0.3 is 0 Å². The summed E-state index contributed by atoms with van der Waals surface area (Å²) >= 11 is 3.52. The van der Waals surface area contributed by atoms with Crippen molar-refractivity contribution in [2.75, 3.05) is 6.54 Å². The zero-order valence-electron chi connectivity index (χ0n) is 10.1. The molecule has 0 amide bonds. The minimum atomic E-state index is 0.417. The average molecular weight is 296 g/mol. The van der Waals surface area contributed by atoms with Crippen LogP contribution in [-0.4, -0.2) is 12.6 Å². The monoisotopic (exact) mass is 295 g/mol. The number of benzene rings is 1. The molecule has 0 spiro atoms. The zero-order chi connectivity index (χ0) is 11.8. The van der Waals surface area contributed by atoms with E-state index >= 15 is 0 Å². The zero-order valence-corrected chi connectivity index (χ0v) is 11.7. The van der Waals surface area contributed by atoms with Gasteiger partial charge in [0.15, 0.2) is 0 Å². The van der Waals surface area contributed by atoms with Crippen LogP contribution >= 0.6 is 15.9 Å². The Morgan fingerprint density at radius 3 is 2.94 bits per heavy atom. The Labute approximate surface area is 111 Å². The second-order valence-electron chi connectivity index (χ2n) is 5.02.